The molecule has 0 aromatic carbocycles. The molecule has 14 heavy (non-hydrogen) atoms. The number of piperidine rings is 1. The number of fused-ring (bicyclic) bond motifs is 1. The fourth-order valence-electron chi connectivity index (χ4n) is 2.60. The Hall–Kier alpha value is -0.970. The third-order valence-corrected chi connectivity index (χ3v) is 3.43. The summed E-state index contributed by atoms with van der Waals surface area (Å²) in [7, 11) is 2.16. The lowest BCUT2D eigenvalue weighted by Gasteiger charge is -2.31. The third-order valence-electron chi connectivity index (χ3n) is 3.43. The molecule has 2 heterocycles. The minimum atomic E-state index is 0.266. The maximum Gasteiger partial charge on any atom is 0.233 e. The standard InChI is InChI=1S/C9H18N4O/c1-12-3-2-7-5-13(9(10)11-14)6-8(7)4-12/h7-8,14H,2-6H2,1H3,(H2,10,11). The Morgan fingerprint density at radius 2 is 2.07 bits per heavy atom. The summed E-state index contributed by atoms with van der Waals surface area (Å²) in [6, 6.07) is 0. The van der Waals surface area contributed by atoms with E-state index in [1.165, 1.54) is 13.0 Å². The number of oxime groups is 1. The first kappa shape index (κ1) is 9.58. The molecule has 0 spiro atoms. The van der Waals surface area contributed by atoms with Crippen molar-refractivity contribution in [1.29, 1.82) is 0 Å². The van der Waals surface area contributed by atoms with Crippen molar-refractivity contribution in [3.8, 4) is 0 Å². The first-order valence-corrected chi connectivity index (χ1v) is 5.11. The number of rotatable bonds is 0. The first-order chi connectivity index (χ1) is 6.70. The average Bonchev–Trinajstić information content (AvgIpc) is 2.59. The summed E-state index contributed by atoms with van der Waals surface area (Å²) in [6.45, 7) is 4.20. The predicted octanol–water partition coefficient (Wildman–Crippen LogP) is -0.426. The maximum absolute atomic E-state index is 8.59. The molecule has 0 aliphatic carbocycles. The van der Waals surface area contributed by atoms with E-state index in [-0.39, 0.29) is 5.96 Å². The van der Waals surface area contributed by atoms with Crippen LogP contribution in [0, 0.1) is 11.8 Å². The van der Waals surface area contributed by atoms with E-state index in [1.54, 1.807) is 0 Å². The molecule has 0 saturated carbocycles. The summed E-state index contributed by atoms with van der Waals surface area (Å²) < 4.78 is 0. The van der Waals surface area contributed by atoms with E-state index in [9.17, 15) is 0 Å². The quantitative estimate of drug-likeness (QED) is 0.240. The summed E-state index contributed by atoms with van der Waals surface area (Å²) in [5.74, 6) is 1.68. The largest absolute Gasteiger partial charge is 0.408 e. The summed E-state index contributed by atoms with van der Waals surface area (Å²) in [5.41, 5.74) is 5.58. The summed E-state index contributed by atoms with van der Waals surface area (Å²) in [5, 5.41) is 11.6. The van der Waals surface area contributed by atoms with Gasteiger partial charge < -0.3 is 20.7 Å². The molecule has 2 saturated heterocycles. The van der Waals surface area contributed by atoms with Crippen molar-refractivity contribution in [1.82, 2.24) is 9.80 Å². The molecule has 0 aromatic rings. The molecule has 5 heteroatoms. The zero-order chi connectivity index (χ0) is 10.1. The molecule has 0 aromatic heterocycles. The fourth-order valence-corrected chi connectivity index (χ4v) is 2.60. The van der Waals surface area contributed by atoms with Crippen LogP contribution in [0.3, 0.4) is 0 Å². The second-order valence-corrected chi connectivity index (χ2v) is 4.43. The Kier molecular flexibility index (Phi) is 2.50. The zero-order valence-corrected chi connectivity index (χ0v) is 8.56. The van der Waals surface area contributed by atoms with E-state index < -0.39 is 0 Å². The number of hydrogen-bond acceptors (Lipinski definition) is 3. The van der Waals surface area contributed by atoms with Gasteiger partial charge >= 0.3 is 0 Å². The second-order valence-electron chi connectivity index (χ2n) is 4.43. The van der Waals surface area contributed by atoms with Gasteiger partial charge in [-0.15, -0.1) is 0 Å². The molecule has 2 aliphatic heterocycles. The minimum Gasteiger partial charge on any atom is -0.408 e. The highest BCUT2D eigenvalue weighted by Crippen LogP contribution is 2.30. The molecule has 2 rings (SSSR count). The first-order valence-electron chi connectivity index (χ1n) is 5.11. The number of hydrogen-bond donors (Lipinski definition) is 2. The molecular formula is C9H18N4O. The van der Waals surface area contributed by atoms with Gasteiger partial charge in [-0.05, 0) is 31.8 Å². The van der Waals surface area contributed by atoms with Crippen LogP contribution >= 0.6 is 0 Å². The van der Waals surface area contributed by atoms with Crippen LogP contribution in [0.2, 0.25) is 0 Å². The van der Waals surface area contributed by atoms with E-state index in [1.807, 2.05) is 4.90 Å². The van der Waals surface area contributed by atoms with Crippen molar-refractivity contribution in [2.24, 2.45) is 22.7 Å². The Labute approximate surface area is 84.2 Å². The summed E-state index contributed by atoms with van der Waals surface area (Å²) >= 11 is 0. The molecule has 2 fully saturated rings. The fraction of sp³-hybridized carbons (Fsp3) is 0.889. The van der Waals surface area contributed by atoms with Gasteiger partial charge in [-0.25, -0.2) is 0 Å². The van der Waals surface area contributed by atoms with E-state index >= 15 is 0 Å². The van der Waals surface area contributed by atoms with Crippen LogP contribution in [0.25, 0.3) is 0 Å². The Morgan fingerprint density at radius 1 is 1.36 bits per heavy atom. The second kappa shape index (κ2) is 3.65. The Balaban J connectivity index is 1.98. The van der Waals surface area contributed by atoms with Crippen LogP contribution in [0.1, 0.15) is 6.42 Å². The lowest BCUT2D eigenvalue weighted by Crippen LogP contribution is -2.37. The SMILES string of the molecule is CN1CCC2CN(/C(N)=N/O)CC2C1. The van der Waals surface area contributed by atoms with E-state index in [0.717, 1.165) is 25.6 Å². The molecule has 2 aliphatic rings. The molecule has 80 valence electrons. The van der Waals surface area contributed by atoms with Crippen molar-refractivity contribution in [2.75, 3.05) is 33.2 Å². The van der Waals surface area contributed by atoms with Crippen molar-refractivity contribution < 1.29 is 5.21 Å². The molecule has 5 nitrogen and oxygen atoms in total. The summed E-state index contributed by atoms with van der Waals surface area (Å²) in [4.78, 5) is 4.34. The minimum absolute atomic E-state index is 0.266. The molecule has 3 N–H and O–H groups in total. The van der Waals surface area contributed by atoms with Crippen molar-refractivity contribution in [3.05, 3.63) is 0 Å². The average molecular weight is 198 g/mol. The van der Waals surface area contributed by atoms with Gasteiger partial charge in [0.15, 0.2) is 0 Å². The van der Waals surface area contributed by atoms with Gasteiger partial charge in [-0.3, -0.25) is 0 Å². The van der Waals surface area contributed by atoms with Gasteiger partial charge in [0.1, 0.15) is 0 Å². The zero-order valence-electron chi connectivity index (χ0n) is 8.56. The van der Waals surface area contributed by atoms with Gasteiger partial charge in [0.2, 0.25) is 5.96 Å². The third kappa shape index (κ3) is 1.64. The highest BCUT2D eigenvalue weighted by atomic mass is 16.4. The summed E-state index contributed by atoms with van der Waals surface area (Å²) in [6.07, 6.45) is 1.23. The highest BCUT2D eigenvalue weighted by Gasteiger charge is 2.36. The van der Waals surface area contributed by atoms with E-state index in [4.69, 9.17) is 10.9 Å². The molecule has 0 amide bonds. The lowest BCUT2D eigenvalue weighted by molar-refractivity contribution is 0.178. The van der Waals surface area contributed by atoms with Crippen LogP contribution in [0.5, 0.6) is 0 Å². The van der Waals surface area contributed by atoms with E-state index in [2.05, 4.69) is 17.1 Å². The van der Waals surface area contributed by atoms with E-state index in [0.29, 0.717) is 5.92 Å². The van der Waals surface area contributed by atoms with Crippen molar-refractivity contribution >= 4 is 5.96 Å². The Morgan fingerprint density at radius 3 is 2.79 bits per heavy atom. The molecule has 2 atom stereocenters. The van der Waals surface area contributed by atoms with Crippen LogP contribution in [-0.2, 0) is 0 Å². The molecule has 0 bridgehead atoms. The topological polar surface area (TPSA) is 65.1 Å². The van der Waals surface area contributed by atoms with Crippen LogP contribution < -0.4 is 5.73 Å². The molecular weight excluding hydrogens is 180 g/mol. The smallest absolute Gasteiger partial charge is 0.233 e. The van der Waals surface area contributed by atoms with Crippen LogP contribution in [-0.4, -0.2) is 54.2 Å². The Bertz CT molecular complexity index is 243. The van der Waals surface area contributed by atoms with Gasteiger partial charge in [0, 0.05) is 19.6 Å². The van der Waals surface area contributed by atoms with Gasteiger partial charge in [0.25, 0.3) is 0 Å². The normalized spacial score (nSPS) is 34.6. The monoisotopic (exact) mass is 198 g/mol. The number of nitrogens with zero attached hydrogens (tertiary/aromatic N) is 3. The van der Waals surface area contributed by atoms with Crippen LogP contribution in [0.15, 0.2) is 5.16 Å². The lowest BCUT2D eigenvalue weighted by atomic mass is 9.89. The predicted molar refractivity (Wildman–Crippen MR) is 54.1 cm³/mol. The number of likely N-dealkylation sites (tertiary alicyclic amines) is 2. The molecule has 0 radical (unpaired) electrons. The van der Waals surface area contributed by atoms with Crippen molar-refractivity contribution in [2.45, 2.75) is 6.42 Å². The number of guanidine groups is 1. The van der Waals surface area contributed by atoms with Crippen molar-refractivity contribution in [3.63, 3.8) is 0 Å². The highest BCUT2D eigenvalue weighted by molar-refractivity contribution is 5.77. The van der Waals surface area contributed by atoms with Gasteiger partial charge in [0.05, 0.1) is 0 Å². The maximum atomic E-state index is 8.59. The number of nitrogens with two attached hydrogens (primary N) is 1. The van der Waals surface area contributed by atoms with Gasteiger partial charge in [-0.1, -0.05) is 5.16 Å². The van der Waals surface area contributed by atoms with Gasteiger partial charge in [-0.2, -0.15) is 0 Å². The van der Waals surface area contributed by atoms with Crippen LogP contribution in [0.4, 0.5) is 0 Å². The molecule has 2 unspecified atom stereocenters.